The first kappa shape index (κ1) is 21.9. The van der Waals surface area contributed by atoms with Gasteiger partial charge >= 0.3 is 5.97 Å². The van der Waals surface area contributed by atoms with Crippen molar-refractivity contribution in [3.05, 3.63) is 89.0 Å². The largest absolute Gasteiger partial charge is 0.495 e. The number of anilines is 1. The number of carbonyl (C=O) groups is 1. The molecule has 0 atom stereocenters. The molecule has 32 heavy (non-hydrogen) atoms. The lowest BCUT2D eigenvalue weighted by Crippen LogP contribution is -2.35. The van der Waals surface area contributed by atoms with Crippen LogP contribution in [-0.2, 0) is 27.8 Å². The first-order valence-corrected chi connectivity index (χ1v) is 11.9. The van der Waals surface area contributed by atoms with Crippen molar-refractivity contribution < 1.29 is 22.7 Å². The number of benzene rings is 3. The minimum atomic E-state index is -3.95. The normalized spacial score (nSPS) is 13.4. The van der Waals surface area contributed by atoms with E-state index in [4.69, 9.17) is 9.47 Å². The fraction of sp³-hybridized carbons (Fsp3) is 0.240. The minimum Gasteiger partial charge on any atom is -0.495 e. The van der Waals surface area contributed by atoms with Gasteiger partial charge in [-0.05, 0) is 55.2 Å². The van der Waals surface area contributed by atoms with Gasteiger partial charge in [0.1, 0.15) is 17.3 Å². The van der Waals surface area contributed by atoms with Crippen LogP contribution < -0.4 is 9.04 Å². The van der Waals surface area contributed by atoms with Crippen molar-refractivity contribution in [2.24, 2.45) is 0 Å². The second-order valence-corrected chi connectivity index (χ2v) is 9.57. The van der Waals surface area contributed by atoms with Crippen molar-refractivity contribution in [3.63, 3.8) is 0 Å². The molecule has 0 unspecified atom stereocenters. The predicted molar refractivity (Wildman–Crippen MR) is 123 cm³/mol. The number of hydrogen-bond acceptors (Lipinski definition) is 5. The van der Waals surface area contributed by atoms with Gasteiger partial charge < -0.3 is 9.47 Å². The number of para-hydroxylation sites is 1. The minimum absolute atomic E-state index is 0.0542. The molecule has 3 aromatic carbocycles. The van der Waals surface area contributed by atoms with E-state index < -0.39 is 16.0 Å². The van der Waals surface area contributed by atoms with E-state index in [1.54, 1.807) is 6.07 Å². The van der Waals surface area contributed by atoms with Crippen LogP contribution in [0.15, 0.2) is 71.6 Å². The number of aryl methyl sites for hydroxylation is 2. The highest BCUT2D eigenvalue weighted by molar-refractivity contribution is 7.93. The molecule has 0 saturated heterocycles. The van der Waals surface area contributed by atoms with Crippen LogP contribution in [0.4, 0.5) is 5.69 Å². The molecule has 0 aliphatic carbocycles. The molecular formula is C25H25NO5S. The number of sulfonamides is 1. The molecule has 0 aromatic heterocycles. The Hall–Kier alpha value is -3.32. The molecule has 7 heteroatoms. The van der Waals surface area contributed by atoms with Crippen molar-refractivity contribution >= 4 is 21.7 Å². The molecular weight excluding hydrogens is 426 g/mol. The van der Waals surface area contributed by atoms with Gasteiger partial charge in [-0.3, -0.25) is 4.31 Å². The van der Waals surface area contributed by atoms with E-state index >= 15 is 0 Å². The summed E-state index contributed by atoms with van der Waals surface area (Å²) in [5.41, 5.74) is 3.77. The summed E-state index contributed by atoms with van der Waals surface area (Å²) in [5, 5.41) is 0. The van der Waals surface area contributed by atoms with Crippen LogP contribution in [0.1, 0.15) is 33.5 Å². The zero-order valence-corrected chi connectivity index (χ0v) is 18.9. The summed E-state index contributed by atoms with van der Waals surface area (Å²) in [6.07, 6.45) is 1.54. The molecule has 1 heterocycles. The van der Waals surface area contributed by atoms with Gasteiger partial charge in [0.25, 0.3) is 10.0 Å². The summed E-state index contributed by atoms with van der Waals surface area (Å²) in [5.74, 6) is -0.410. The van der Waals surface area contributed by atoms with Gasteiger partial charge in [0.15, 0.2) is 0 Å². The van der Waals surface area contributed by atoms with E-state index in [-0.39, 0.29) is 22.8 Å². The maximum atomic E-state index is 13.6. The zero-order valence-electron chi connectivity index (χ0n) is 18.1. The lowest BCUT2D eigenvalue weighted by molar-refractivity contribution is 0.0472. The summed E-state index contributed by atoms with van der Waals surface area (Å²) >= 11 is 0. The number of methoxy groups -OCH3 is 1. The number of hydrogen-bond donors (Lipinski definition) is 0. The quantitative estimate of drug-likeness (QED) is 0.516. The summed E-state index contributed by atoms with van der Waals surface area (Å²) in [6, 6.07) is 19.5. The fourth-order valence-corrected chi connectivity index (χ4v) is 5.51. The van der Waals surface area contributed by atoms with Crippen molar-refractivity contribution in [1.29, 1.82) is 0 Å². The van der Waals surface area contributed by atoms with Gasteiger partial charge in [-0.2, -0.15) is 0 Å². The Labute approximate surface area is 188 Å². The van der Waals surface area contributed by atoms with Gasteiger partial charge in [0, 0.05) is 6.54 Å². The van der Waals surface area contributed by atoms with Crippen LogP contribution in [0.3, 0.4) is 0 Å². The fourth-order valence-electron chi connectivity index (χ4n) is 3.79. The maximum Gasteiger partial charge on any atom is 0.338 e. The third kappa shape index (κ3) is 4.34. The van der Waals surface area contributed by atoms with Gasteiger partial charge in [0.05, 0.1) is 18.4 Å². The monoisotopic (exact) mass is 451 g/mol. The van der Waals surface area contributed by atoms with E-state index in [1.165, 1.54) is 29.6 Å². The Morgan fingerprint density at radius 2 is 1.78 bits per heavy atom. The summed E-state index contributed by atoms with van der Waals surface area (Å²) in [6.45, 7) is 2.45. The van der Waals surface area contributed by atoms with Crippen LogP contribution in [0.2, 0.25) is 0 Å². The van der Waals surface area contributed by atoms with Crippen LogP contribution in [0, 0.1) is 6.92 Å². The highest BCUT2D eigenvalue weighted by atomic mass is 32.2. The van der Waals surface area contributed by atoms with E-state index in [9.17, 15) is 13.2 Å². The molecule has 166 valence electrons. The van der Waals surface area contributed by atoms with E-state index in [0.29, 0.717) is 12.2 Å². The van der Waals surface area contributed by atoms with E-state index in [1.807, 2.05) is 49.4 Å². The van der Waals surface area contributed by atoms with Crippen molar-refractivity contribution in [2.45, 2.75) is 31.3 Å². The Balaban J connectivity index is 1.63. The molecule has 1 aliphatic rings. The van der Waals surface area contributed by atoms with E-state index in [2.05, 4.69) is 0 Å². The highest BCUT2D eigenvalue weighted by Gasteiger charge is 2.32. The summed E-state index contributed by atoms with van der Waals surface area (Å²) in [4.78, 5) is 12.6. The van der Waals surface area contributed by atoms with Gasteiger partial charge in [-0.25, -0.2) is 13.2 Å². The van der Waals surface area contributed by atoms with Crippen LogP contribution in [0.5, 0.6) is 5.75 Å². The zero-order chi connectivity index (χ0) is 22.7. The van der Waals surface area contributed by atoms with Gasteiger partial charge in [-0.1, -0.05) is 48.0 Å². The Morgan fingerprint density at radius 1 is 1.03 bits per heavy atom. The summed E-state index contributed by atoms with van der Waals surface area (Å²) in [7, 11) is -2.53. The molecule has 0 fully saturated rings. The number of fused-ring (bicyclic) bond motifs is 1. The molecule has 3 aromatic rings. The number of rotatable bonds is 6. The number of ether oxygens (including phenoxy) is 2. The molecule has 1 aliphatic heterocycles. The Bertz CT molecular complexity index is 1240. The standard InChI is InChI=1S/C25H25NO5S/c1-18-9-11-19(12-10-18)17-31-25(27)21-13-14-23(30-2)24(16-21)32(28,29)26-15-5-7-20-6-3-4-8-22(20)26/h3-4,6,8-14,16H,5,7,15,17H2,1-2H3. The smallest absolute Gasteiger partial charge is 0.338 e. The van der Waals surface area contributed by atoms with Gasteiger partial charge in [-0.15, -0.1) is 0 Å². The molecule has 0 saturated carbocycles. The average Bonchev–Trinajstić information content (AvgIpc) is 2.82. The van der Waals surface area contributed by atoms with Crippen LogP contribution in [-0.4, -0.2) is 28.0 Å². The van der Waals surface area contributed by atoms with Crippen LogP contribution >= 0.6 is 0 Å². The van der Waals surface area contributed by atoms with Crippen molar-refractivity contribution in [1.82, 2.24) is 0 Å². The Kier molecular flexibility index (Phi) is 6.19. The van der Waals surface area contributed by atoms with Gasteiger partial charge in [0.2, 0.25) is 0 Å². The molecule has 0 radical (unpaired) electrons. The first-order valence-electron chi connectivity index (χ1n) is 10.4. The molecule has 0 bridgehead atoms. The van der Waals surface area contributed by atoms with E-state index in [0.717, 1.165) is 29.5 Å². The molecule has 6 nitrogen and oxygen atoms in total. The van der Waals surface area contributed by atoms with Crippen molar-refractivity contribution in [3.8, 4) is 5.75 Å². The second kappa shape index (κ2) is 9.04. The van der Waals surface area contributed by atoms with Crippen LogP contribution in [0.25, 0.3) is 0 Å². The highest BCUT2D eigenvalue weighted by Crippen LogP contribution is 2.35. The first-order chi connectivity index (χ1) is 15.4. The lowest BCUT2D eigenvalue weighted by Gasteiger charge is -2.30. The average molecular weight is 452 g/mol. The van der Waals surface area contributed by atoms with Crippen molar-refractivity contribution in [2.75, 3.05) is 18.0 Å². The number of nitrogens with zero attached hydrogens (tertiary/aromatic N) is 1. The Morgan fingerprint density at radius 3 is 2.53 bits per heavy atom. The number of carbonyl (C=O) groups excluding carboxylic acids is 1. The molecule has 0 spiro atoms. The topological polar surface area (TPSA) is 72.9 Å². The predicted octanol–water partition coefficient (Wildman–Crippen LogP) is 4.50. The molecule has 0 amide bonds. The maximum absolute atomic E-state index is 13.6. The molecule has 0 N–H and O–H groups in total. The SMILES string of the molecule is COc1ccc(C(=O)OCc2ccc(C)cc2)cc1S(=O)(=O)N1CCCc2ccccc21. The number of esters is 1. The lowest BCUT2D eigenvalue weighted by atomic mass is 10.0. The summed E-state index contributed by atoms with van der Waals surface area (Å²) < 4.78 is 39.3. The molecule has 4 rings (SSSR count). The second-order valence-electron chi connectivity index (χ2n) is 7.74. The third-order valence-corrected chi connectivity index (χ3v) is 7.36. The third-order valence-electron chi connectivity index (χ3n) is 5.53.